The molecule has 0 spiro atoms. The summed E-state index contributed by atoms with van der Waals surface area (Å²) in [6, 6.07) is 34.0. The molecule has 5 aromatic carbocycles. The Morgan fingerprint density at radius 1 is 0.671 bits per heavy atom. The van der Waals surface area contributed by atoms with E-state index in [-0.39, 0.29) is 48.6 Å². The number of ether oxygens (including phenoxy) is 2. The van der Waals surface area contributed by atoms with E-state index in [1.165, 1.54) is 47.3 Å². The molecule has 85 heavy (non-hydrogen) atoms. The summed E-state index contributed by atoms with van der Waals surface area (Å²) < 4.78 is 11.0. The zero-order chi connectivity index (χ0) is 61.0. The fourth-order valence-electron chi connectivity index (χ4n) is 11.4. The van der Waals surface area contributed by atoms with Crippen LogP contribution in [0.2, 0.25) is 19.1 Å². The molecule has 8 amide bonds. The second-order valence-corrected chi connectivity index (χ2v) is 29.5. The molecule has 450 valence electrons. The molecule has 7 atom stereocenters. The third-order valence-electron chi connectivity index (χ3n) is 16.2. The molecular weight excluding hydrogens is 1090 g/mol. The smallest absolute Gasteiger partial charge is 0.410 e. The lowest BCUT2D eigenvalue weighted by Gasteiger charge is -2.33. The van der Waals surface area contributed by atoms with E-state index in [0.29, 0.717) is 29.9 Å². The van der Waals surface area contributed by atoms with Crippen molar-refractivity contribution in [2.75, 3.05) is 18.5 Å². The molecule has 18 nitrogen and oxygen atoms in total. The summed E-state index contributed by atoms with van der Waals surface area (Å²) in [5, 5.41) is 18.0. The van der Waals surface area contributed by atoms with Crippen LogP contribution in [0.4, 0.5) is 15.3 Å². The number of fused-ring (bicyclic) bond motifs is 2. The molecule has 1 heterocycles. The molecule has 0 saturated carbocycles. The van der Waals surface area contributed by atoms with Gasteiger partial charge in [0.1, 0.15) is 36.4 Å². The molecule has 2 aliphatic carbocycles. The summed E-state index contributed by atoms with van der Waals surface area (Å²) in [7, 11) is -0.656. The molecule has 0 aromatic heterocycles. The number of carbonyl (C=O) groups excluding carboxylic acids is 8. The van der Waals surface area contributed by atoms with Crippen molar-refractivity contribution in [3.63, 3.8) is 0 Å². The number of hydrogen-bond donors (Lipinski definition) is 6. The number of anilines is 1. The van der Waals surface area contributed by atoms with Gasteiger partial charge in [0.25, 0.3) is 11.8 Å². The average molecular weight is 1180 g/mol. The van der Waals surface area contributed by atoms with Crippen LogP contribution < -0.4 is 31.9 Å². The number of nitrogens with zero attached hydrogens (tertiary/aromatic N) is 2. The van der Waals surface area contributed by atoms with Crippen LogP contribution >= 0.6 is 0 Å². The average Bonchev–Trinajstić information content (AvgIpc) is 3.28. The largest absolute Gasteiger partial charge is 0.445 e. The summed E-state index contributed by atoms with van der Waals surface area (Å²) in [6.07, 6.45) is 4.70. The highest BCUT2D eigenvalue weighted by Gasteiger charge is 2.47. The van der Waals surface area contributed by atoms with Crippen LogP contribution in [-0.4, -0.2) is 115 Å². The van der Waals surface area contributed by atoms with Crippen molar-refractivity contribution in [1.29, 1.82) is 0 Å². The first kappa shape index (κ1) is 62.7. The molecule has 0 bridgehead atoms. The van der Waals surface area contributed by atoms with Crippen LogP contribution in [0.1, 0.15) is 139 Å². The molecule has 8 rings (SSSR count). The van der Waals surface area contributed by atoms with Gasteiger partial charge in [0.05, 0.1) is 20.2 Å². The van der Waals surface area contributed by atoms with Crippen molar-refractivity contribution in [3.8, 4) is 0 Å². The molecule has 1 aliphatic heterocycles. The SMILES string of the molecule is CC[C@H](C[C@H](NC(=O)OCc1ccccc1)C(=O)N[C@@H]1CCCc2ccccc21)NC(=O)c1ccc(C(=O)Nc2ccc(C[C@H](NC(=O)[C@H](C)N(C)C(=O)OC(C)(C)C)C(=O)N3C[Si](C)(C)C[C@H]3C(=O)N[C@@H]3CCCc4ccccc43)cc2)cc1. The van der Waals surface area contributed by atoms with Gasteiger partial charge in [-0.1, -0.05) is 111 Å². The van der Waals surface area contributed by atoms with E-state index >= 15 is 0 Å². The van der Waals surface area contributed by atoms with Crippen LogP contribution in [0.15, 0.2) is 127 Å². The maximum absolute atomic E-state index is 15.0. The molecule has 0 unspecified atom stereocenters. The Bertz CT molecular complexity index is 3210. The third kappa shape index (κ3) is 17.0. The van der Waals surface area contributed by atoms with Crippen LogP contribution in [0.3, 0.4) is 0 Å². The first-order valence-corrected chi connectivity index (χ1v) is 33.1. The van der Waals surface area contributed by atoms with Crippen LogP contribution in [-0.2, 0) is 54.5 Å². The number of nitrogens with one attached hydrogen (secondary N) is 6. The van der Waals surface area contributed by atoms with Gasteiger partial charge in [-0.3, -0.25) is 33.7 Å². The summed E-state index contributed by atoms with van der Waals surface area (Å²) in [5.41, 5.74) is 6.13. The highest BCUT2D eigenvalue weighted by Crippen LogP contribution is 2.33. The third-order valence-corrected chi connectivity index (χ3v) is 18.9. The number of amides is 8. The van der Waals surface area contributed by atoms with E-state index in [0.717, 1.165) is 55.2 Å². The fraction of sp³-hybridized carbons (Fsp3) is 0.424. The van der Waals surface area contributed by atoms with Crippen LogP contribution in [0.25, 0.3) is 0 Å². The van der Waals surface area contributed by atoms with E-state index in [1.54, 1.807) is 56.9 Å². The quantitative estimate of drug-likeness (QED) is 0.0404. The summed E-state index contributed by atoms with van der Waals surface area (Å²) in [4.78, 5) is 114. The number of alkyl carbamates (subject to hydrolysis) is 1. The van der Waals surface area contributed by atoms with Gasteiger partial charge in [-0.15, -0.1) is 0 Å². The zero-order valence-electron chi connectivity index (χ0n) is 50.1. The molecule has 0 radical (unpaired) electrons. The Kier molecular flexibility index (Phi) is 20.7. The number of benzene rings is 5. The Morgan fingerprint density at radius 2 is 1.25 bits per heavy atom. The standard InChI is InChI=1S/C66H82N8O10Si/c1-9-49(38-55(72-64(81)83-39-44-19-11-10-12-20-44)61(78)69-53-27-17-23-45-21-13-15-25-51(45)53)67-59(76)47-31-33-48(34-32-47)60(77)68-50-35-29-43(30-36-50)37-56(71-58(75)42(2)73(6)65(82)84-66(3,4)5)63(80)74-41-85(7,8)40-57(74)62(79)70-54-28-18-24-46-22-14-16-26-52(46)54/h10-16,19-22,25-26,29-36,42,49,53-57H,9,17-18,23-24,27-28,37-41H2,1-8H3,(H,67,76)(H,68,77)(H,69,78)(H,70,79)(H,71,75)(H,72,81)/t42-,49+,53+,54+,55-,56-,57-/m0/s1. The van der Waals surface area contributed by atoms with Crippen LogP contribution in [0, 0.1) is 0 Å². The summed E-state index contributed by atoms with van der Waals surface area (Å²) in [5.74, 6) is -2.49. The molecule has 19 heteroatoms. The summed E-state index contributed by atoms with van der Waals surface area (Å²) in [6.45, 7) is 12.9. The number of likely N-dealkylation sites (N-methyl/N-ethyl adjacent to an activating group) is 1. The van der Waals surface area contributed by atoms with Gasteiger partial charge in [-0.25, -0.2) is 9.59 Å². The van der Waals surface area contributed by atoms with Gasteiger partial charge < -0.3 is 46.3 Å². The van der Waals surface area contributed by atoms with E-state index in [9.17, 15) is 38.4 Å². The number of aryl methyl sites for hydroxylation is 2. The Labute approximate surface area is 499 Å². The van der Waals surface area contributed by atoms with Crippen molar-refractivity contribution in [2.45, 2.75) is 166 Å². The molecule has 3 aliphatic rings. The van der Waals surface area contributed by atoms with E-state index < -0.39 is 85.6 Å². The van der Waals surface area contributed by atoms with Crippen molar-refractivity contribution < 1.29 is 47.8 Å². The van der Waals surface area contributed by atoms with Crippen molar-refractivity contribution in [1.82, 2.24) is 36.4 Å². The maximum atomic E-state index is 15.0. The Morgan fingerprint density at radius 3 is 1.85 bits per heavy atom. The second-order valence-electron chi connectivity index (χ2n) is 24.5. The van der Waals surface area contributed by atoms with Crippen molar-refractivity contribution in [2.24, 2.45) is 0 Å². The fourth-order valence-corrected chi connectivity index (χ4v) is 14.3. The van der Waals surface area contributed by atoms with E-state index in [4.69, 9.17) is 9.47 Å². The first-order valence-electron chi connectivity index (χ1n) is 29.7. The van der Waals surface area contributed by atoms with Crippen molar-refractivity contribution >= 4 is 61.4 Å². The lowest BCUT2D eigenvalue weighted by molar-refractivity contribution is -0.141. The normalized spacial score (nSPS) is 18.3. The minimum Gasteiger partial charge on any atom is -0.445 e. The van der Waals surface area contributed by atoms with E-state index in [1.807, 2.05) is 73.7 Å². The van der Waals surface area contributed by atoms with E-state index in [2.05, 4.69) is 57.1 Å². The number of rotatable bonds is 20. The highest BCUT2D eigenvalue weighted by molar-refractivity contribution is 6.79. The van der Waals surface area contributed by atoms with Gasteiger partial charge in [0, 0.05) is 42.5 Å². The predicted octanol–water partition coefficient (Wildman–Crippen LogP) is 9.26. The van der Waals surface area contributed by atoms with Gasteiger partial charge in [0.15, 0.2) is 0 Å². The molecule has 6 N–H and O–H groups in total. The Balaban J connectivity index is 0.916. The molecule has 5 aromatic rings. The monoisotopic (exact) mass is 1170 g/mol. The molecular formula is C66H82N8O10Si. The Hall–Kier alpha value is -8.32. The summed E-state index contributed by atoms with van der Waals surface area (Å²) >= 11 is 0. The lowest BCUT2D eigenvalue weighted by Crippen LogP contribution is -2.57. The minimum absolute atomic E-state index is 0.0113. The first-order chi connectivity index (χ1) is 40.5. The van der Waals surface area contributed by atoms with Gasteiger partial charge in [-0.2, -0.15) is 0 Å². The predicted molar refractivity (Wildman–Crippen MR) is 328 cm³/mol. The minimum atomic E-state index is -2.12. The van der Waals surface area contributed by atoms with Crippen LogP contribution in [0.5, 0.6) is 0 Å². The number of hydrogen-bond acceptors (Lipinski definition) is 10. The van der Waals surface area contributed by atoms with Crippen molar-refractivity contribution in [3.05, 3.63) is 172 Å². The molecule has 1 saturated heterocycles. The highest BCUT2D eigenvalue weighted by atomic mass is 28.3. The topological polar surface area (TPSA) is 234 Å². The zero-order valence-corrected chi connectivity index (χ0v) is 51.1. The van der Waals surface area contributed by atoms with Gasteiger partial charge in [-0.05, 0) is 155 Å². The maximum Gasteiger partial charge on any atom is 0.410 e. The van der Waals surface area contributed by atoms with Gasteiger partial charge >= 0.3 is 12.2 Å². The lowest BCUT2D eigenvalue weighted by atomic mass is 9.87. The number of carbonyl (C=O) groups is 8. The van der Waals surface area contributed by atoms with Gasteiger partial charge in [0.2, 0.25) is 23.6 Å². The second kappa shape index (κ2) is 28.0. The molecule has 1 fully saturated rings.